The Bertz CT molecular complexity index is 1410. The van der Waals surface area contributed by atoms with Gasteiger partial charge >= 0.3 is 0 Å². The van der Waals surface area contributed by atoms with Crippen molar-refractivity contribution in [3.8, 4) is 6.07 Å². The molecule has 0 aliphatic carbocycles. The third-order valence-electron chi connectivity index (χ3n) is 6.39. The molecule has 7 heteroatoms. The Morgan fingerprint density at radius 3 is 2.47 bits per heavy atom. The van der Waals surface area contributed by atoms with Crippen molar-refractivity contribution in [1.82, 2.24) is 4.57 Å². The molecule has 1 aliphatic rings. The molecule has 5 rings (SSSR count). The highest BCUT2D eigenvalue weighted by molar-refractivity contribution is 7.14. The van der Waals surface area contributed by atoms with Gasteiger partial charge in [0.05, 0.1) is 22.7 Å². The van der Waals surface area contributed by atoms with E-state index in [1.807, 2.05) is 72.1 Å². The van der Waals surface area contributed by atoms with Crippen molar-refractivity contribution in [3.05, 3.63) is 93.6 Å². The van der Waals surface area contributed by atoms with Crippen molar-refractivity contribution in [2.24, 2.45) is 5.92 Å². The van der Waals surface area contributed by atoms with Crippen molar-refractivity contribution >= 4 is 38.8 Å². The van der Waals surface area contributed by atoms with Crippen molar-refractivity contribution in [2.45, 2.75) is 19.4 Å². The average Bonchev–Trinajstić information content (AvgIpc) is 3.39. The molecule has 0 atom stereocenters. The summed E-state index contributed by atoms with van der Waals surface area (Å²) in [6.45, 7) is 1.63. The molecule has 0 spiro atoms. The smallest absolute Gasteiger partial charge is 0.271 e. The number of benzene rings is 2. The monoisotopic (exact) mass is 468 g/mol. The molecule has 6 nitrogen and oxygen atoms in total. The van der Waals surface area contributed by atoms with Gasteiger partial charge in [0, 0.05) is 24.4 Å². The van der Waals surface area contributed by atoms with Crippen molar-refractivity contribution < 1.29 is 4.79 Å². The first-order valence-electron chi connectivity index (χ1n) is 11.3. The van der Waals surface area contributed by atoms with Gasteiger partial charge in [0.2, 0.25) is 5.91 Å². The summed E-state index contributed by atoms with van der Waals surface area (Å²) in [6, 6.07) is 23.6. The fourth-order valence-electron chi connectivity index (χ4n) is 4.68. The standard InChI is InChI=1S/C27H24N4O2S/c28-17-22-25(30-14-12-20(13-15-30)26(32)29-24-11-6-16-34-24)21-9-4-5-10-23(21)31(27(22)33)18-19-7-2-1-3-8-19/h1-11,16,20H,12-15,18H2,(H,29,32). The molecule has 3 heterocycles. The Hall–Kier alpha value is -3.89. The van der Waals surface area contributed by atoms with Crippen LogP contribution in [0.25, 0.3) is 10.9 Å². The normalized spacial score (nSPS) is 14.1. The second-order valence-electron chi connectivity index (χ2n) is 8.46. The summed E-state index contributed by atoms with van der Waals surface area (Å²) >= 11 is 1.51. The van der Waals surface area contributed by atoms with E-state index < -0.39 is 0 Å². The van der Waals surface area contributed by atoms with Gasteiger partial charge in [-0.25, -0.2) is 0 Å². The van der Waals surface area contributed by atoms with E-state index in [4.69, 9.17) is 0 Å². The number of thiophene rings is 1. The number of piperidine rings is 1. The van der Waals surface area contributed by atoms with Crippen LogP contribution in [0.5, 0.6) is 0 Å². The molecule has 2 aromatic carbocycles. The Kier molecular flexibility index (Phi) is 6.15. The van der Waals surface area contributed by atoms with Gasteiger partial charge in [0.15, 0.2) is 0 Å². The largest absolute Gasteiger partial charge is 0.370 e. The molecule has 0 unspecified atom stereocenters. The summed E-state index contributed by atoms with van der Waals surface area (Å²) in [5.41, 5.74) is 2.38. The predicted molar refractivity (Wildman–Crippen MR) is 136 cm³/mol. The molecule has 1 fully saturated rings. The lowest BCUT2D eigenvalue weighted by Crippen LogP contribution is -2.39. The van der Waals surface area contributed by atoms with E-state index in [0.717, 1.165) is 21.5 Å². The van der Waals surface area contributed by atoms with Crippen LogP contribution in [-0.4, -0.2) is 23.6 Å². The van der Waals surface area contributed by atoms with Crippen LogP contribution in [0.4, 0.5) is 10.7 Å². The Morgan fingerprint density at radius 2 is 1.76 bits per heavy atom. The first-order valence-corrected chi connectivity index (χ1v) is 12.2. The maximum atomic E-state index is 13.5. The number of hydrogen-bond acceptors (Lipinski definition) is 5. The van der Waals surface area contributed by atoms with Crippen molar-refractivity contribution in [3.63, 3.8) is 0 Å². The molecule has 1 amide bonds. The van der Waals surface area contributed by atoms with Crippen LogP contribution in [0.3, 0.4) is 0 Å². The van der Waals surface area contributed by atoms with Crippen LogP contribution in [0, 0.1) is 17.2 Å². The lowest BCUT2D eigenvalue weighted by atomic mass is 9.94. The molecular weight excluding hydrogens is 444 g/mol. The van der Waals surface area contributed by atoms with E-state index in [-0.39, 0.29) is 22.9 Å². The Labute approximate surface area is 201 Å². The minimum Gasteiger partial charge on any atom is -0.370 e. The number of nitrogens with zero attached hydrogens (tertiary/aromatic N) is 3. The van der Waals surface area contributed by atoms with E-state index in [1.165, 1.54) is 11.3 Å². The Morgan fingerprint density at radius 1 is 1.03 bits per heavy atom. The molecule has 2 aromatic heterocycles. The number of para-hydroxylation sites is 1. The van der Waals surface area contributed by atoms with Gasteiger partial charge in [-0.1, -0.05) is 48.5 Å². The number of hydrogen-bond donors (Lipinski definition) is 1. The molecule has 34 heavy (non-hydrogen) atoms. The second kappa shape index (κ2) is 9.54. The average molecular weight is 469 g/mol. The number of carbonyl (C=O) groups excluding carboxylic acids is 1. The van der Waals surface area contributed by atoms with Crippen molar-refractivity contribution in [2.75, 3.05) is 23.3 Å². The first kappa shape index (κ1) is 21.9. The predicted octanol–water partition coefficient (Wildman–Crippen LogP) is 4.84. The first-order chi connectivity index (χ1) is 16.7. The van der Waals surface area contributed by atoms with Crippen LogP contribution in [0.15, 0.2) is 76.9 Å². The van der Waals surface area contributed by atoms with Crippen LogP contribution in [0.1, 0.15) is 24.0 Å². The number of aromatic nitrogens is 1. The number of rotatable bonds is 5. The number of nitriles is 1. The fraction of sp³-hybridized carbons (Fsp3) is 0.222. The molecule has 170 valence electrons. The summed E-state index contributed by atoms with van der Waals surface area (Å²) in [5, 5.41) is 16.7. The van der Waals surface area contributed by atoms with Crippen LogP contribution in [0.2, 0.25) is 0 Å². The molecule has 1 saturated heterocycles. The molecule has 1 aliphatic heterocycles. The zero-order valence-electron chi connectivity index (χ0n) is 18.6. The molecular formula is C27H24N4O2S. The quantitative estimate of drug-likeness (QED) is 0.455. The van der Waals surface area contributed by atoms with E-state index in [1.54, 1.807) is 4.57 Å². The summed E-state index contributed by atoms with van der Waals surface area (Å²) in [7, 11) is 0. The van der Waals surface area contributed by atoms with Gasteiger partial charge in [-0.2, -0.15) is 5.26 Å². The lowest BCUT2D eigenvalue weighted by Gasteiger charge is -2.34. The van der Waals surface area contributed by atoms with E-state index in [2.05, 4.69) is 16.3 Å². The summed E-state index contributed by atoms with van der Waals surface area (Å²) in [5.74, 6) is -0.0562. The van der Waals surface area contributed by atoms with Gasteiger partial charge in [-0.15, -0.1) is 11.3 Å². The van der Waals surface area contributed by atoms with Gasteiger partial charge < -0.3 is 14.8 Å². The number of carbonyl (C=O) groups is 1. The van der Waals surface area contributed by atoms with E-state index in [0.29, 0.717) is 38.2 Å². The fourth-order valence-corrected chi connectivity index (χ4v) is 5.30. The number of anilines is 2. The third-order valence-corrected chi connectivity index (χ3v) is 7.18. The van der Waals surface area contributed by atoms with E-state index >= 15 is 0 Å². The third kappa shape index (κ3) is 4.20. The maximum Gasteiger partial charge on any atom is 0.271 e. The number of pyridine rings is 1. The topological polar surface area (TPSA) is 78.1 Å². The number of fused-ring (bicyclic) bond motifs is 1. The molecule has 1 N–H and O–H groups in total. The van der Waals surface area contributed by atoms with Crippen LogP contribution in [-0.2, 0) is 11.3 Å². The van der Waals surface area contributed by atoms with E-state index in [9.17, 15) is 14.9 Å². The summed E-state index contributed by atoms with van der Waals surface area (Å²) in [6.07, 6.45) is 1.34. The highest BCUT2D eigenvalue weighted by Gasteiger charge is 2.29. The lowest BCUT2D eigenvalue weighted by molar-refractivity contribution is -0.120. The number of amides is 1. The van der Waals surface area contributed by atoms with Gasteiger partial charge in [-0.3, -0.25) is 9.59 Å². The van der Waals surface area contributed by atoms with Crippen LogP contribution >= 0.6 is 11.3 Å². The summed E-state index contributed by atoms with van der Waals surface area (Å²) < 4.78 is 1.69. The highest BCUT2D eigenvalue weighted by atomic mass is 32.1. The molecule has 0 bridgehead atoms. The SMILES string of the molecule is N#Cc1c(N2CCC(C(=O)Nc3cccs3)CC2)c2ccccc2n(Cc2ccccc2)c1=O. The maximum absolute atomic E-state index is 13.5. The summed E-state index contributed by atoms with van der Waals surface area (Å²) in [4.78, 5) is 28.3. The van der Waals surface area contributed by atoms with Crippen molar-refractivity contribution in [1.29, 1.82) is 5.26 Å². The molecule has 4 aromatic rings. The second-order valence-corrected chi connectivity index (χ2v) is 9.41. The minimum absolute atomic E-state index is 0.0331. The molecule has 0 radical (unpaired) electrons. The minimum atomic E-state index is -0.280. The molecule has 0 saturated carbocycles. The number of nitrogens with one attached hydrogen (secondary N) is 1. The highest BCUT2D eigenvalue weighted by Crippen LogP contribution is 2.32. The zero-order chi connectivity index (χ0) is 23.5. The Balaban J connectivity index is 1.46. The van der Waals surface area contributed by atoms with Gasteiger partial charge in [0.25, 0.3) is 5.56 Å². The van der Waals surface area contributed by atoms with Crippen LogP contribution < -0.4 is 15.8 Å². The van der Waals surface area contributed by atoms with Gasteiger partial charge in [-0.05, 0) is 42.0 Å². The zero-order valence-corrected chi connectivity index (χ0v) is 19.4. The van der Waals surface area contributed by atoms with Gasteiger partial charge in [0.1, 0.15) is 11.6 Å².